The molecule has 0 aliphatic heterocycles. The van der Waals surface area contributed by atoms with E-state index in [9.17, 15) is 4.79 Å². The lowest BCUT2D eigenvalue weighted by Gasteiger charge is -2.22. The van der Waals surface area contributed by atoms with Crippen molar-refractivity contribution in [3.63, 3.8) is 0 Å². The van der Waals surface area contributed by atoms with E-state index in [4.69, 9.17) is 9.15 Å². The molecule has 0 spiro atoms. The lowest BCUT2D eigenvalue weighted by molar-refractivity contribution is 0.0962. The molecule has 1 amide bonds. The average molecular weight is 347 g/mol. The van der Waals surface area contributed by atoms with Gasteiger partial charge in [0, 0.05) is 12.2 Å². The van der Waals surface area contributed by atoms with Crippen molar-refractivity contribution in [3.8, 4) is 5.75 Å². The number of rotatable bonds is 6. The molecule has 1 aromatic heterocycles. The highest BCUT2D eigenvalue weighted by molar-refractivity contribution is 6.04. The lowest BCUT2D eigenvalue weighted by atomic mass is 10.1. The van der Waals surface area contributed by atoms with Gasteiger partial charge in [-0.2, -0.15) is 0 Å². The fourth-order valence-electron chi connectivity index (χ4n) is 2.70. The second kappa shape index (κ2) is 8.21. The number of furan rings is 1. The van der Waals surface area contributed by atoms with Crippen LogP contribution in [0.5, 0.6) is 5.75 Å². The molecule has 132 valence electrons. The second-order valence-corrected chi connectivity index (χ2v) is 5.97. The minimum atomic E-state index is -0.180. The van der Waals surface area contributed by atoms with E-state index < -0.39 is 0 Å². The monoisotopic (exact) mass is 347 g/mol. The standard InChI is InChI=1S/C22H21NO3/c1-17(15-18-7-4-3-5-8-18)16-23(22(24)21-9-6-14-26-21)19-10-12-20(25-2)13-11-19/h3-15H,16H2,1-2H3/b17-15+. The van der Waals surface area contributed by atoms with E-state index in [0.717, 1.165) is 22.6 Å². The van der Waals surface area contributed by atoms with Gasteiger partial charge in [-0.1, -0.05) is 42.0 Å². The smallest absolute Gasteiger partial charge is 0.294 e. The number of methoxy groups -OCH3 is 1. The third kappa shape index (κ3) is 4.22. The zero-order chi connectivity index (χ0) is 18.4. The molecule has 26 heavy (non-hydrogen) atoms. The molecule has 0 saturated heterocycles. The Morgan fingerprint density at radius 1 is 1.04 bits per heavy atom. The Bertz CT molecular complexity index is 866. The lowest BCUT2D eigenvalue weighted by Crippen LogP contribution is -2.32. The van der Waals surface area contributed by atoms with Crippen molar-refractivity contribution >= 4 is 17.7 Å². The summed E-state index contributed by atoms with van der Waals surface area (Å²) in [5.41, 5.74) is 2.95. The third-order valence-electron chi connectivity index (χ3n) is 3.98. The third-order valence-corrected chi connectivity index (χ3v) is 3.98. The molecule has 0 atom stereocenters. The number of benzene rings is 2. The van der Waals surface area contributed by atoms with Gasteiger partial charge in [0.05, 0.1) is 13.4 Å². The fraction of sp³-hybridized carbons (Fsp3) is 0.136. The summed E-state index contributed by atoms with van der Waals surface area (Å²) in [4.78, 5) is 14.6. The molecule has 0 radical (unpaired) electrons. The van der Waals surface area contributed by atoms with Crippen molar-refractivity contribution in [1.82, 2.24) is 0 Å². The molecular weight excluding hydrogens is 326 g/mol. The van der Waals surface area contributed by atoms with E-state index in [2.05, 4.69) is 6.08 Å². The minimum absolute atomic E-state index is 0.180. The highest BCUT2D eigenvalue weighted by Crippen LogP contribution is 2.23. The summed E-state index contributed by atoms with van der Waals surface area (Å²) >= 11 is 0. The van der Waals surface area contributed by atoms with Gasteiger partial charge >= 0.3 is 0 Å². The first kappa shape index (κ1) is 17.5. The Kier molecular flexibility index (Phi) is 5.54. The Morgan fingerprint density at radius 2 is 1.77 bits per heavy atom. The molecular formula is C22H21NO3. The van der Waals surface area contributed by atoms with Crippen LogP contribution in [0.3, 0.4) is 0 Å². The van der Waals surface area contributed by atoms with Crippen LogP contribution in [-0.4, -0.2) is 19.6 Å². The Labute approximate surface area is 153 Å². The highest BCUT2D eigenvalue weighted by Gasteiger charge is 2.20. The number of ether oxygens (including phenoxy) is 1. The van der Waals surface area contributed by atoms with Crippen LogP contribution in [0, 0.1) is 0 Å². The molecule has 0 N–H and O–H groups in total. The van der Waals surface area contributed by atoms with Crippen LogP contribution in [0.25, 0.3) is 6.08 Å². The van der Waals surface area contributed by atoms with Gasteiger partial charge in [-0.3, -0.25) is 4.79 Å². The topological polar surface area (TPSA) is 42.7 Å². The highest BCUT2D eigenvalue weighted by atomic mass is 16.5. The number of hydrogen-bond acceptors (Lipinski definition) is 3. The van der Waals surface area contributed by atoms with Crippen molar-refractivity contribution in [2.24, 2.45) is 0 Å². The molecule has 4 heteroatoms. The molecule has 0 fully saturated rings. The number of amides is 1. The Morgan fingerprint density at radius 3 is 2.38 bits per heavy atom. The molecule has 4 nitrogen and oxygen atoms in total. The fourth-order valence-corrected chi connectivity index (χ4v) is 2.70. The van der Waals surface area contributed by atoms with E-state index in [1.54, 1.807) is 24.1 Å². The van der Waals surface area contributed by atoms with Gasteiger partial charge < -0.3 is 14.1 Å². The summed E-state index contributed by atoms with van der Waals surface area (Å²) in [5.74, 6) is 0.880. The maximum atomic E-state index is 12.9. The predicted octanol–water partition coefficient (Wildman–Crippen LogP) is 5.04. The van der Waals surface area contributed by atoms with Crippen LogP contribution < -0.4 is 9.64 Å². The molecule has 0 aliphatic carbocycles. The van der Waals surface area contributed by atoms with Gasteiger partial charge in [0.25, 0.3) is 5.91 Å². The zero-order valence-corrected chi connectivity index (χ0v) is 14.9. The van der Waals surface area contributed by atoms with Crippen LogP contribution in [-0.2, 0) is 0 Å². The van der Waals surface area contributed by atoms with Crippen molar-refractivity contribution in [1.29, 1.82) is 0 Å². The maximum Gasteiger partial charge on any atom is 0.294 e. The van der Waals surface area contributed by atoms with Crippen LogP contribution >= 0.6 is 0 Å². The van der Waals surface area contributed by atoms with Crippen LogP contribution in [0.2, 0.25) is 0 Å². The van der Waals surface area contributed by atoms with E-state index in [1.807, 2.05) is 61.5 Å². The molecule has 1 heterocycles. The van der Waals surface area contributed by atoms with Crippen molar-refractivity contribution < 1.29 is 13.9 Å². The van der Waals surface area contributed by atoms with Gasteiger partial charge in [0.15, 0.2) is 5.76 Å². The molecule has 0 bridgehead atoms. The summed E-state index contributed by atoms with van der Waals surface area (Å²) < 4.78 is 10.5. The molecule has 3 rings (SSSR count). The molecule has 2 aromatic carbocycles. The summed E-state index contributed by atoms with van der Waals surface area (Å²) in [7, 11) is 1.62. The van der Waals surface area contributed by atoms with Gasteiger partial charge in [-0.25, -0.2) is 0 Å². The van der Waals surface area contributed by atoms with Crippen LogP contribution in [0.15, 0.2) is 83.0 Å². The van der Waals surface area contributed by atoms with Crippen molar-refractivity contribution in [2.75, 3.05) is 18.6 Å². The normalized spacial score (nSPS) is 11.2. The first-order valence-corrected chi connectivity index (χ1v) is 8.39. The van der Waals surface area contributed by atoms with E-state index in [-0.39, 0.29) is 5.91 Å². The van der Waals surface area contributed by atoms with Gasteiger partial charge in [0.2, 0.25) is 0 Å². The summed E-state index contributed by atoms with van der Waals surface area (Å²) in [6.45, 7) is 2.47. The minimum Gasteiger partial charge on any atom is -0.497 e. The number of anilines is 1. The number of nitrogens with zero attached hydrogens (tertiary/aromatic N) is 1. The SMILES string of the molecule is COc1ccc(N(C/C(C)=C/c2ccccc2)C(=O)c2ccco2)cc1. The number of carbonyl (C=O) groups excluding carboxylic acids is 1. The number of carbonyl (C=O) groups is 1. The molecule has 0 aliphatic rings. The molecule has 0 saturated carbocycles. The number of hydrogen-bond donors (Lipinski definition) is 0. The first-order chi connectivity index (χ1) is 12.7. The summed E-state index contributed by atoms with van der Waals surface area (Å²) in [6.07, 6.45) is 3.58. The van der Waals surface area contributed by atoms with Crippen molar-refractivity contribution in [3.05, 3.63) is 89.9 Å². The summed E-state index contributed by atoms with van der Waals surface area (Å²) in [6, 6.07) is 20.9. The molecule has 3 aromatic rings. The first-order valence-electron chi connectivity index (χ1n) is 8.39. The molecule has 0 unspecified atom stereocenters. The largest absolute Gasteiger partial charge is 0.497 e. The summed E-state index contributed by atoms with van der Waals surface area (Å²) in [5, 5.41) is 0. The van der Waals surface area contributed by atoms with Gasteiger partial charge in [0.1, 0.15) is 5.75 Å². The maximum absolute atomic E-state index is 12.9. The Hall–Kier alpha value is -3.27. The van der Waals surface area contributed by atoms with E-state index in [1.165, 1.54) is 6.26 Å². The Balaban J connectivity index is 1.89. The van der Waals surface area contributed by atoms with Crippen LogP contribution in [0.1, 0.15) is 23.0 Å². The van der Waals surface area contributed by atoms with Gasteiger partial charge in [-0.05, 0) is 48.9 Å². The van der Waals surface area contributed by atoms with E-state index in [0.29, 0.717) is 12.3 Å². The van der Waals surface area contributed by atoms with Gasteiger partial charge in [-0.15, -0.1) is 0 Å². The average Bonchev–Trinajstić information content (AvgIpc) is 3.21. The van der Waals surface area contributed by atoms with Crippen LogP contribution in [0.4, 0.5) is 5.69 Å². The predicted molar refractivity (Wildman–Crippen MR) is 103 cm³/mol. The quantitative estimate of drug-likeness (QED) is 0.627. The van der Waals surface area contributed by atoms with E-state index >= 15 is 0 Å². The van der Waals surface area contributed by atoms with Crippen molar-refractivity contribution in [2.45, 2.75) is 6.92 Å². The zero-order valence-electron chi connectivity index (χ0n) is 14.9. The second-order valence-electron chi connectivity index (χ2n) is 5.97.